The Morgan fingerprint density at radius 1 is 1.19 bits per heavy atom. The van der Waals surface area contributed by atoms with Gasteiger partial charge in [0.1, 0.15) is 12.6 Å². The number of carboxylic acids is 1. The number of carbonyl (C=O) groups is 4. The van der Waals surface area contributed by atoms with E-state index in [1.54, 1.807) is 17.6 Å². The van der Waals surface area contributed by atoms with E-state index in [2.05, 4.69) is 22.1 Å². The van der Waals surface area contributed by atoms with Gasteiger partial charge in [-0.15, -0.1) is 0 Å². The van der Waals surface area contributed by atoms with Gasteiger partial charge in [-0.1, -0.05) is 32.8 Å². The van der Waals surface area contributed by atoms with E-state index in [1.165, 1.54) is 0 Å². The number of aliphatic imine (C=N–C) groups is 1. The summed E-state index contributed by atoms with van der Waals surface area (Å²) < 4.78 is 12.8. The Hall–Kier alpha value is -5.11. The Morgan fingerprint density at radius 2 is 2.00 bits per heavy atom. The minimum absolute atomic E-state index is 0.0476. The third-order valence-corrected chi connectivity index (χ3v) is 9.00. The van der Waals surface area contributed by atoms with Crippen LogP contribution in [0.3, 0.4) is 0 Å². The Kier molecular flexibility index (Phi) is 8.53. The number of amides is 1. The van der Waals surface area contributed by atoms with Crippen molar-refractivity contribution in [3.8, 4) is 11.4 Å². The van der Waals surface area contributed by atoms with Gasteiger partial charge in [0.2, 0.25) is 11.5 Å². The molecule has 0 bridgehead atoms. The first-order valence-electron chi connectivity index (χ1n) is 15.8. The van der Waals surface area contributed by atoms with E-state index in [0.29, 0.717) is 11.4 Å². The van der Waals surface area contributed by atoms with Crippen molar-refractivity contribution < 1.29 is 33.8 Å². The third-order valence-electron chi connectivity index (χ3n) is 9.00. The maximum absolute atomic E-state index is 14.1. The van der Waals surface area contributed by atoms with Crippen molar-refractivity contribution in [1.82, 2.24) is 14.9 Å². The smallest absolute Gasteiger partial charge is 0.355 e. The zero-order chi connectivity index (χ0) is 33.5. The van der Waals surface area contributed by atoms with Crippen molar-refractivity contribution >= 4 is 52.4 Å². The number of cyclic esters (lactones) is 1. The van der Waals surface area contributed by atoms with Gasteiger partial charge in [0.15, 0.2) is 0 Å². The van der Waals surface area contributed by atoms with Gasteiger partial charge in [0.25, 0.3) is 5.56 Å². The van der Waals surface area contributed by atoms with Gasteiger partial charge in [-0.05, 0) is 37.5 Å². The van der Waals surface area contributed by atoms with Gasteiger partial charge >= 0.3 is 17.9 Å². The summed E-state index contributed by atoms with van der Waals surface area (Å²) in [5.74, 6) is -3.78. The summed E-state index contributed by atoms with van der Waals surface area (Å²) in [4.78, 5) is 75.8. The standard InChI is InChI=1S/C33H36N6O8/c1-3-5-6-12-38-17-35-21-8-7-9-22-27(21)29(38)18-15-39-24(28(18)37-22)13-20-19(30(39)42)16-46-32(45)33(20,4-2)47-26(41)11-10-23(31(43)44)36-25(40)14-34/h7-9,13,17,23H,3-6,10-12,14-16,34H2,1-2H3,(H,36,40)(H,43,44)/t23-,33+/m1/s1. The lowest BCUT2D eigenvalue weighted by Crippen LogP contribution is -2.48. The number of rotatable bonds is 12. The number of nitrogens with zero attached hydrogens (tertiary/aromatic N) is 4. The maximum atomic E-state index is 14.1. The number of fused-ring (bicyclic) bond motifs is 5. The van der Waals surface area contributed by atoms with Crippen molar-refractivity contribution in [3.05, 3.63) is 51.3 Å². The topological polar surface area (TPSA) is 196 Å². The predicted molar refractivity (Wildman–Crippen MR) is 171 cm³/mol. The summed E-state index contributed by atoms with van der Waals surface area (Å²) >= 11 is 0. The highest BCUT2D eigenvalue weighted by atomic mass is 16.6. The Balaban J connectivity index is 1.40. The fourth-order valence-corrected chi connectivity index (χ4v) is 6.58. The zero-order valence-electron chi connectivity index (χ0n) is 26.2. The Bertz CT molecular complexity index is 1900. The van der Waals surface area contributed by atoms with Crippen LogP contribution in [0.2, 0.25) is 0 Å². The van der Waals surface area contributed by atoms with Gasteiger partial charge in [0, 0.05) is 24.1 Å². The molecule has 5 heterocycles. The first-order valence-corrected chi connectivity index (χ1v) is 15.8. The van der Waals surface area contributed by atoms with Crippen LogP contribution in [0.25, 0.3) is 22.3 Å². The number of benzene rings is 1. The Labute approximate surface area is 269 Å². The zero-order valence-corrected chi connectivity index (χ0v) is 26.2. The molecule has 0 saturated carbocycles. The second-order valence-corrected chi connectivity index (χ2v) is 11.8. The monoisotopic (exact) mass is 644 g/mol. The van der Waals surface area contributed by atoms with Crippen molar-refractivity contribution in [2.24, 2.45) is 10.7 Å². The number of unbranched alkanes of at least 4 members (excludes halogenated alkanes) is 2. The van der Waals surface area contributed by atoms with Crippen LogP contribution in [0.5, 0.6) is 0 Å². The van der Waals surface area contributed by atoms with E-state index in [9.17, 15) is 29.1 Å². The van der Waals surface area contributed by atoms with Gasteiger partial charge < -0.3 is 35.1 Å². The number of nitrogens with two attached hydrogens (primary N) is 1. The molecule has 14 nitrogen and oxygen atoms in total. The summed E-state index contributed by atoms with van der Waals surface area (Å²) in [6, 6.07) is 6.02. The van der Waals surface area contributed by atoms with E-state index >= 15 is 0 Å². The molecule has 0 spiro atoms. The average Bonchev–Trinajstić information content (AvgIpc) is 3.43. The van der Waals surface area contributed by atoms with Crippen molar-refractivity contribution in [3.63, 3.8) is 0 Å². The number of ether oxygens (including phenoxy) is 2. The largest absolute Gasteiger partial charge is 0.480 e. The second-order valence-electron chi connectivity index (χ2n) is 11.8. The first-order chi connectivity index (χ1) is 22.6. The molecule has 6 rings (SSSR count). The number of aliphatic carboxylic acids is 1. The minimum Gasteiger partial charge on any atom is -0.480 e. The van der Waals surface area contributed by atoms with Crippen LogP contribution in [0.15, 0.2) is 34.1 Å². The molecule has 14 heteroatoms. The molecule has 3 aliphatic heterocycles. The highest BCUT2D eigenvalue weighted by molar-refractivity contribution is 6.11. The molecule has 0 radical (unpaired) electrons. The number of anilines is 1. The van der Waals surface area contributed by atoms with Crippen LogP contribution in [0, 0.1) is 0 Å². The lowest BCUT2D eigenvalue weighted by atomic mass is 9.85. The summed E-state index contributed by atoms with van der Waals surface area (Å²) in [5.41, 5.74) is 7.75. The lowest BCUT2D eigenvalue weighted by molar-refractivity contribution is -0.189. The molecule has 3 aromatic rings. The molecular formula is C33H36N6O8. The molecule has 0 unspecified atom stereocenters. The van der Waals surface area contributed by atoms with Crippen LogP contribution >= 0.6 is 0 Å². The quantitative estimate of drug-likeness (QED) is 0.151. The van der Waals surface area contributed by atoms with E-state index < -0.39 is 48.4 Å². The number of carboxylic acid groups (broad SMARTS) is 1. The predicted octanol–water partition coefficient (Wildman–Crippen LogP) is 2.61. The number of esters is 2. The van der Waals surface area contributed by atoms with E-state index in [0.717, 1.165) is 53.6 Å². The molecular weight excluding hydrogens is 608 g/mol. The molecule has 2 aromatic heterocycles. The summed E-state index contributed by atoms with van der Waals surface area (Å²) in [6.07, 6.45) is 4.12. The van der Waals surface area contributed by atoms with Crippen LogP contribution in [0.1, 0.15) is 69.1 Å². The number of aromatic nitrogens is 2. The summed E-state index contributed by atoms with van der Waals surface area (Å²) in [5, 5.41) is 12.6. The van der Waals surface area contributed by atoms with Gasteiger partial charge in [-0.2, -0.15) is 0 Å². The molecule has 3 aliphatic rings. The first kappa shape index (κ1) is 31.9. The SMILES string of the molecule is CCCCCN1C=Nc2cccc3nc4c(c1c23)Cn1c-4cc2c(c1=O)COC(=O)[C@@]2(CC)OC(=O)CC[C@@H](NC(=O)CN)C(=O)O. The van der Waals surface area contributed by atoms with E-state index in [4.69, 9.17) is 20.2 Å². The molecule has 0 fully saturated rings. The van der Waals surface area contributed by atoms with Crippen LogP contribution in [-0.2, 0) is 47.4 Å². The van der Waals surface area contributed by atoms with Gasteiger partial charge in [0.05, 0.1) is 58.7 Å². The van der Waals surface area contributed by atoms with Crippen LogP contribution < -0.4 is 21.5 Å². The molecule has 1 aromatic carbocycles. The number of pyridine rings is 2. The normalized spacial score (nSPS) is 17.9. The van der Waals surface area contributed by atoms with E-state index in [-0.39, 0.29) is 42.7 Å². The molecule has 1 amide bonds. The molecule has 246 valence electrons. The van der Waals surface area contributed by atoms with Gasteiger partial charge in [-0.25, -0.2) is 19.6 Å². The summed E-state index contributed by atoms with van der Waals surface area (Å²) in [6.45, 7) is 4.06. The molecule has 0 saturated heterocycles. The fraction of sp³-hybridized carbons (Fsp3) is 0.424. The molecule has 0 aliphatic carbocycles. The lowest BCUT2D eigenvalue weighted by Gasteiger charge is -2.35. The Morgan fingerprint density at radius 3 is 2.72 bits per heavy atom. The van der Waals surface area contributed by atoms with Crippen molar-refractivity contribution in [2.75, 3.05) is 18.0 Å². The highest BCUT2D eigenvalue weighted by Gasteiger charge is 2.50. The van der Waals surface area contributed by atoms with Crippen LogP contribution in [-0.4, -0.2) is 63.9 Å². The average molecular weight is 645 g/mol. The number of nitrogens with one attached hydrogen (secondary N) is 1. The fourth-order valence-electron chi connectivity index (χ4n) is 6.58. The number of hydrogen-bond acceptors (Lipinski definition) is 11. The van der Waals surface area contributed by atoms with E-state index in [1.807, 2.05) is 24.5 Å². The third kappa shape index (κ3) is 5.41. The van der Waals surface area contributed by atoms with Crippen LogP contribution in [0.4, 0.5) is 11.4 Å². The van der Waals surface area contributed by atoms with Gasteiger partial charge in [-0.3, -0.25) is 14.4 Å². The maximum Gasteiger partial charge on any atom is 0.355 e. The highest BCUT2D eigenvalue weighted by Crippen LogP contribution is 2.47. The molecule has 4 N–H and O–H groups in total. The second kappa shape index (κ2) is 12.6. The van der Waals surface area contributed by atoms with Crippen molar-refractivity contribution in [2.45, 2.75) is 77.2 Å². The minimum atomic E-state index is -1.95. The molecule has 47 heavy (non-hydrogen) atoms. The number of hydrogen-bond donors (Lipinski definition) is 3. The van der Waals surface area contributed by atoms with Crippen molar-refractivity contribution in [1.29, 1.82) is 0 Å². The summed E-state index contributed by atoms with van der Waals surface area (Å²) in [7, 11) is 0. The number of carbonyl (C=O) groups excluding carboxylic acids is 3. The molecule has 2 atom stereocenters.